The molecule has 0 fully saturated rings. The van der Waals surface area contributed by atoms with Gasteiger partial charge in [0.15, 0.2) is 0 Å². The molecule has 1 atom stereocenters. The third kappa shape index (κ3) is 1.86. The number of pyridine rings is 1. The molecule has 0 amide bonds. The van der Waals surface area contributed by atoms with E-state index in [0.717, 1.165) is 5.69 Å². The number of hydrogen-bond acceptors (Lipinski definition) is 3. The molecular weight excluding hydrogens is 212 g/mol. The Balaban J connectivity index is 2.41. The molecule has 0 aliphatic rings. The topological polar surface area (TPSA) is 56.7 Å². The molecule has 1 unspecified atom stereocenters. The van der Waals surface area contributed by atoms with Crippen molar-refractivity contribution in [2.75, 3.05) is 0 Å². The zero-order valence-electron chi connectivity index (χ0n) is 8.26. The average Bonchev–Trinajstić information content (AvgIpc) is 2.64. The summed E-state index contributed by atoms with van der Waals surface area (Å²) in [6.07, 6.45) is 3.38. The highest BCUT2D eigenvalue weighted by Gasteiger charge is 2.16. The van der Waals surface area contributed by atoms with Gasteiger partial charge in [0.25, 0.3) is 0 Å². The third-order valence-electron chi connectivity index (χ3n) is 2.26. The quantitative estimate of drug-likeness (QED) is 0.838. The van der Waals surface area contributed by atoms with Crippen LogP contribution in [0.5, 0.6) is 0 Å². The van der Waals surface area contributed by atoms with E-state index in [2.05, 4.69) is 10.1 Å². The van der Waals surface area contributed by atoms with Crippen LogP contribution in [0.3, 0.4) is 0 Å². The van der Waals surface area contributed by atoms with Gasteiger partial charge in [0.2, 0.25) is 0 Å². The van der Waals surface area contributed by atoms with Crippen LogP contribution in [-0.2, 0) is 7.05 Å². The molecule has 0 saturated carbocycles. The van der Waals surface area contributed by atoms with Gasteiger partial charge in [-0.1, -0.05) is 11.6 Å². The second-order valence-electron chi connectivity index (χ2n) is 3.23. The van der Waals surface area contributed by atoms with E-state index in [1.54, 1.807) is 29.2 Å². The van der Waals surface area contributed by atoms with Crippen molar-refractivity contribution in [2.24, 2.45) is 12.8 Å². The van der Waals surface area contributed by atoms with Crippen LogP contribution in [0, 0.1) is 0 Å². The van der Waals surface area contributed by atoms with Crippen molar-refractivity contribution in [3.8, 4) is 0 Å². The van der Waals surface area contributed by atoms with E-state index in [4.69, 9.17) is 17.3 Å². The number of rotatable bonds is 2. The summed E-state index contributed by atoms with van der Waals surface area (Å²) < 4.78 is 1.72. The summed E-state index contributed by atoms with van der Waals surface area (Å²) in [5.74, 6) is 0. The molecule has 0 spiro atoms. The van der Waals surface area contributed by atoms with E-state index in [9.17, 15) is 0 Å². The molecular formula is C10H11ClN4. The van der Waals surface area contributed by atoms with Gasteiger partial charge in [-0.2, -0.15) is 5.10 Å². The maximum atomic E-state index is 6.05. The largest absolute Gasteiger partial charge is 0.318 e. The molecule has 2 heterocycles. The van der Waals surface area contributed by atoms with Crippen LogP contribution in [0.2, 0.25) is 5.02 Å². The summed E-state index contributed by atoms with van der Waals surface area (Å²) in [5, 5.41) is 4.63. The molecule has 0 bridgehead atoms. The minimum Gasteiger partial charge on any atom is -0.318 e. The zero-order valence-corrected chi connectivity index (χ0v) is 9.02. The Hall–Kier alpha value is -1.39. The van der Waals surface area contributed by atoms with Gasteiger partial charge < -0.3 is 5.73 Å². The van der Waals surface area contributed by atoms with E-state index in [1.165, 1.54) is 0 Å². The van der Waals surface area contributed by atoms with Crippen molar-refractivity contribution < 1.29 is 0 Å². The fourth-order valence-corrected chi connectivity index (χ4v) is 1.70. The van der Waals surface area contributed by atoms with Crippen LogP contribution in [0.15, 0.2) is 30.6 Å². The predicted molar refractivity (Wildman–Crippen MR) is 58.5 cm³/mol. The summed E-state index contributed by atoms with van der Waals surface area (Å²) in [5.41, 5.74) is 7.61. The van der Waals surface area contributed by atoms with Crippen molar-refractivity contribution in [3.63, 3.8) is 0 Å². The van der Waals surface area contributed by atoms with Crippen molar-refractivity contribution in [3.05, 3.63) is 47.0 Å². The van der Waals surface area contributed by atoms with Crippen molar-refractivity contribution in [1.29, 1.82) is 0 Å². The van der Waals surface area contributed by atoms with Gasteiger partial charge >= 0.3 is 0 Å². The van der Waals surface area contributed by atoms with Crippen LogP contribution < -0.4 is 5.73 Å². The summed E-state index contributed by atoms with van der Waals surface area (Å²) in [6, 6.07) is 5.07. The predicted octanol–water partition coefficient (Wildman–Crippen LogP) is 1.52. The van der Waals surface area contributed by atoms with Gasteiger partial charge in [-0.15, -0.1) is 0 Å². The fraction of sp³-hybridized carbons (Fsp3) is 0.200. The minimum absolute atomic E-state index is 0.341. The maximum absolute atomic E-state index is 6.05. The van der Waals surface area contributed by atoms with Gasteiger partial charge in [-0.05, 0) is 18.2 Å². The first-order valence-electron chi connectivity index (χ1n) is 4.54. The third-order valence-corrected chi connectivity index (χ3v) is 2.58. The molecule has 2 aromatic heterocycles. The first kappa shape index (κ1) is 10.1. The average molecular weight is 223 g/mol. The van der Waals surface area contributed by atoms with Gasteiger partial charge in [-0.3, -0.25) is 9.67 Å². The van der Waals surface area contributed by atoms with Crippen LogP contribution in [-0.4, -0.2) is 14.8 Å². The lowest BCUT2D eigenvalue weighted by atomic mass is 10.1. The Bertz CT molecular complexity index is 466. The van der Waals surface area contributed by atoms with E-state index < -0.39 is 0 Å². The molecule has 2 aromatic rings. The summed E-state index contributed by atoms with van der Waals surface area (Å²) >= 11 is 6.02. The van der Waals surface area contributed by atoms with Crippen molar-refractivity contribution in [2.45, 2.75) is 6.04 Å². The van der Waals surface area contributed by atoms with E-state index >= 15 is 0 Å². The van der Waals surface area contributed by atoms with Gasteiger partial charge in [0, 0.05) is 19.4 Å². The van der Waals surface area contributed by atoms with E-state index in [1.807, 2.05) is 13.1 Å². The number of hydrogen-bond donors (Lipinski definition) is 1. The normalized spacial score (nSPS) is 12.7. The summed E-state index contributed by atoms with van der Waals surface area (Å²) in [7, 11) is 1.84. The first-order valence-corrected chi connectivity index (χ1v) is 4.92. The van der Waals surface area contributed by atoms with E-state index in [0.29, 0.717) is 10.7 Å². The van der Waals surface area contributed by atoms with Crippen LogP contribution in [0.4, 0.5) is 0 Å². The first-order chi connectivity index (χ1) is 7.20. The van der Waals surface area contributed by atoms with Crippen molar-refractivity contribution >= 4 is 11.6 Å². The SMILES string of the molecule is Cn1nccc1C(N)c1ncccc1Cl. The van der Waals surface area contributed by atoms with Crippen LogP contribution >= 0.6 is 11.6 Å². The smallest absolute Gasteiger partial charge is 0.0912 e. The monoisotopic (exact) mass is 222 g/mol. The van der Waals surface area contributed by atoms with Gasteiger partial charge in [-0.25, -0.2) is 0 Å². The summed E-state index contributed by atoms with van der Waals surface area (Å²) in [6.45, 7) is 0. The Morgan fingerprint density at radius 1 is 1.40 bits per heavy atom. The number of nitrogens with two attached hydrogens (primary N) is 1. The molecule has 78 valence electrons. The zero-order chi connectivity index (χ0) is 10.8. The molecule has 0 aromatic carbocycles. The highest BCUT2D eigenvalue weighted by molar-refractivity contribution is 6.31. The molecule has 15 heavy (non-hydrogen) atoms. The molecule has 0 aliphatic carbocycles. The molecule has 0 radical (unpaired) electrons. The highest BCUT2D eigenvalue weighted by atomic mass is 35.5. The Morgan fingerprint density at radius 2 is 2.20 bits per heavy atom. The van der Waals surface area contributed by atoms with Crippen LogP contribution in [0.25, 0.3) is 0 Å². The lowest BCUT2D eigenvalue weighted by Gasteiger charge is -2.12. The Kier molecular flexibility index (Phi) is 2.70. The molecule has 2 rings (SSSR count). The van der Waals surface area contributed by atoms with Crippen LogP contribution in [0.1, 0.15) is 17.4 Å². The molecule has 0 saturated heterocycles. The maximum Gasteiger partial charge on any atom is 0.0912 e. The second-order valence-corrected chi connectivity index (χ2v) is 3.64. The molecule has 5 heteroatoms. The highest BCUT2D eigenvalue weighted by Crippen LogP contribution is 2.23. The number of aromatic nitrogens is 3. The standard InChI is InChI=1S/C10H11ClN4/c1-15-8(4-6-14-15)9(12)10-7(11)3-2-5-13-10/h2-6,9H,12H2,1H3. The molecule has 0 aliphatic heterocycles. The lowest BCUT2D eigenvalue weighted by Crippen LogP contribution is -2.17. The van der Waals surface area contributed by atoms with Crippen molar-refractivity contribution in [1.82, 2.24) is 14.8 Å². The van der Waals surface area contributed by atoms with E-state index in [-0.39, 0.29) is 6.04 Å². The Morgan fingerprint density at radius 3 is 2.80 bits per heavy atom. The molecule has 2 N–H and O–H groups in total. The lowest BCUT2D eigenvalue weighted by molar-refractivity contribution is 0.664. The molecule has 4 nitrogen and oxygen atoms in total. The summed E-state index contributed by atoms with van der Waals surface area (Å²) in [4.78, 5) is 4.18. The second kappa shape index (κ2) is 4.00. The van der Waals surface area contributed by atoms with Gasteiger partial charge in [0.1, 0.15) is 0 Å². The Labute approximate surface area is 92.7 Å². The minimum atomic E-state index is -0.341. The number of nitrogens with zero attached hydrogens (tertiary/aromatic N) is 3. The number of halogens is 1. The van der Waals surface area contributed by atoms with Gasteiger partial charge in [0.05, 0.1) is 22.5 Å². The fourth-order valence-electron chi connectivity index (χ4n) is 1.46. The number of aryl methyl sites for hydroxylation is 1.